The summed E-state index contributed by atoms with van der Waals surface area (Å²) in [6, 6.07) is 14.5. The number of aryl methyl sites for hydroxylation is 1. The van der Waals surface area contributed by atoms with E-state index in [0.717, 1.165) is 17.8 Å². The predicted octanol–water partition coefficient (Wildman–Crippen LogP) is 3.89. The lowest BCUT2D eigenvalue weighted by Crippen LogP contribution is -2.04. The Hall–Kier alpha value is -1.56. The van der Waals surface area contributed by atoms with Gasteiger partial charge in [0.25, 0.3) is 0 Å². The first-order chi connectivity index (χ1) is 10.3. The Kier molecular flexibility index (Phi) is 4.43. The second-order valence-corrected chi connectivity index (χ2v) is 6.93. The van der Waals surface area contributed by atoms with Crippen LogP contribution < -0.4 is 5.73 Å². The van der Waals surface area contributed by atoms with Crippen LogP contribution in [0.3, 0.4) is 0 Å². The summed E-state index contributed by atoms with van der Waals surface area (Å²) >= 11 is 3.51. The fourth-order valence-corrected chi connectivity index (χ4v) is 4.22. The molecule has 0 atom stereocenters. The van der Waals surface area contributed by atoms with Crippen molar-refractivity contribution in [2.75, 3.05) is 6.54 Å². The highest BCUT2D eigenvalue weighted by Crippen LogP contribution is 2.36. The van der Waals surface area contributed by atoms with Gasteiger partial charge in [-0.25, -0.2) is 4.68 Å². The van der Waals surface area contributed by atoms with Crippen molar-refractivity contribution in [3.05, 3.63) is 59.1 Å². The molecule has 0 amide bonds. The van der Waals surface area contributed by atoms with E-state index in [1.807, 2.05) is 22.9 Å². The summed E-state index contributed by atoms with van der Waals surface area (Å²) in [7, 11) is 0. The molecule has 0 bridgehead atoms. The number of rotatable bonds is 5. The normalized spacial score (nSPS) is 11.0. The largest absolute Gasteiger partial charge is 0.330 e. The van der Waals surface area contributed by atoms with Gasteiger partial charge in [0.1, 0.15) is 5.03 Å². The summed E-state index contributed by atoms with van der Waals surface area (Å²) in [5.74, 6) is 0. The first-order valence-corrected chi connectivity index (χ1v) is 8.54. The minimum Gasteiger partial charge on any atom is -0.330 e. The quantitative estimate of drug-likeness (QED) is 0.776. The zero-order valence-electron chi connectivity index (χ0n) is 11.8. The fourth-order valence-electron chi connectivity index (χ4n) is 2.24. The van der Waals surface area contributed by atoms with E-state index in [1.54, 1.807) is 23.1 Å². The molecule has 108 valence electrons. The maximum absolute atomic E-state index is 5.78. The van der Waals surface area contributed by atoms with Crippen LogP contribution in [0.15, 0.2) is 57.1 Å². The number of aromatic nitrogens is 2. The Morgan fingerprint density at radius 3 is 2.67 bits per heavy atom. The number of nitrogens with zero attached hydrogens (tertiary/aromatic N) is 2. The van der Waals surface area contributed by atoms with E-state index < -0.39 is 0 Å². The highest BCUT2D eigenvalue weighted by atomic mass is 32.2. The molecule has 0 aliphatic heterocycles. The SMILES string of the molecule is Cc1nn(-c2ccccc2)c(Sc2cccs2)c1CCN. The molecule has 3 aromatic rings. The molecule has 2 aromatic heterocycles. The van der Waals surface area contributed by atoms with Crippen LogP contribution in [0.2, 0.25) is 0 Å². The van der Waals surface area contributed by atoms with Gasteiger partial charge in [-0.05, 0) is 43.5 Å². The van der Waals surface area contributed by atoms with Crippen LogP contribution in [0.5, 0.6) is 0 Å². The van der Waals surface area contributed by atoms with Crippen molar-refractivity contribution in [1.29, 1.82) is 0 Å². The summed E-state index contributed by atoms with van der Waals surface area (Å²) in [5, 5.41) is 8.00. The van der Waals surface area contributed by atoms with Crippen LogP contribution in [0.4, 0.5) is 0 Å². The lowest BCUT2D eigenvalue weighted by Gasteiger charge is -2.08. The molecule has 1 aromatic carbocycles. The number of thiophene rings is 1. The number of para-hydroxylation sites is 1. The molecule has 0 saturated heterocycles. The molecule has 0 spiro atoms. The zero-order chi connectivity index (χ0) is 14.7. The standard InChI is InChI=1S/C16H17N3S2/c1-12-14(9-10-17)16(21-15-8-5-11-20-15)19(18-12)13-6-3-2-4-7-13/h2-8,11H,9-10,17H2,1H3. The third-order valence-corrected chi connectivity index (χ3v) is 5.37. The van der Waals surface area contributed by atoms with Crippen LogP contribution >= 0.6 is 23.1 Å². The van der Waals surface area contributed by atoms with Gasteiger partial charge in [-0.1, -0.05) is 36.0 Å². The Labute approximate surface area is 132 Å². The Bertz CT molecular complexity index is 703. The van der Waals surface area contributed by atoms with Crippen molar-refractivity contribution in [2.24, 2.45) is 5.73 Å². The molecule has 0 aliphatic carbocycles. The first kappa shape index (κ1) is 14.4. The van der Waals surface area contributed by atoms with Crippen LogP contribution in [0.25, 0.3) is 5.69 Å². The molecule has 21 heavy (non-hydrogen) atoms. The summed E-state index contributed by atoms with van der Waals surface area (Å²) in [5.41, 5.74) is 9.17. The van der Waals surface area contributed by atoms with Gasteiger partial charge < -0.3 is 5.73 Å². The minimum atomic E-state index is 0.638. The smallest absolute Gasteiger partial charge is 0.109 e. The van der Waals surface area contributed by atoms with Crippen LogP contribution in [0.1, 0.15) is 11.3 Å². The van der Waals surface area contributed by atoms with Crippen LogP contribution in [0, 0.1) is 6.92 Å². The monoisotopic (exact) mass is 315 g/mol. The maximum Gasteiger partial charge on any atom is 0.109 e. The van der Waals surface area contributed by atoms with E-state index in [1.165, 1.54) is 14.8 Å². The van der Waals surface area contributed by atoms with Gasteiger partial charge in [-0.15, -0.1) is 11.3 Å². The second-order valence-electron chi connectivity index (χ2n) is 4.69. The maximum atomic E-state index is 5.78. The Balaban J connectivity index is 2.08. The van der Waals surface area contributed by atoms with Gasteiger partial charge in [0.15, 0.2) is 0 Å². The van der Waals surface area contributed by atoms with Crippen molar-refractivity contribution in [1.82, 2.24) is 9.78 Å². The Morgan fingerprint density at radius 1 is 1.19 bits per heavy atom. The molecule has 2 N–H and O–H groups in total. The van der Waals surface area contributed by atoms with Gasteiger partial charge in [0, 0.05) is 5.56 Å². The van der Waals surface area contributed by atoms with Crippen molar-refractivity contribution >= 4 is 23.1 Å². The number of nitrogens with two attached hydrogens (primary N) is 1. The van der Waals surface area contributed by atoms with Crippen molar-refractivity contribution in [3.63, 3.8) is 0 Å². The summed E-state index contributed by atoms with van der Waals surface area (Å²) < 4.78 is 3.30. The van der Waals surface area contributed by atoms with Gasteiger partial charge in [0.2, 0.25) is 0 Å². The van der Waals surface area contributed by atoms with Crippen molar-refractivity contribution in [3.8, 4) is 5.69 Å². The molecule has 0 aliphatic rings. The van der Waals surface area contributed by atoms with Gasteiger partial charge >= 0.3 is 0 Å². The molecular formula is C16H17N3S2. The molecule has 5 heteroatoms. The number of hydrogen-bond acceptors (Lipinski definition) is 4. The molecule has 2 heterocycles. The first-order valence-electron chi connectivity index (χ1n) is 6.85. The third-order valence-electron chi connectivity index (χ3n) is 3.22. The third kappa shape index (κ3) is 3.05. The number of hydrogen-bond donors (Lipinski definition) is 1. The topological polar surface area (TPSA) is 43.8 Å². The van der Waals surface area contributed by atoms with Crippen LogP contribution in [-0.2, 0) is 6.42 Å². The molecule has 0 saturated carbocycles. The summed E-state index contributed by atoms with van der Waals surface area (Å²) in [4.78, 5) is 0. The van der Waals surface area contributed by atoms with Gasteiger partial charge in [-0.2, -0.15) is 5.10 Å². The molecule has 3 rings (SSSR count). The van der Waals surface area contributed by atoms with Crippen molar-refractivity contribution in [2.45, 2.75) is 22.6 Å². The lowest BCUT2D eigenvalue weighted by molar-refractivity contribution is 0.787. The van der Waals surface area contributed by atoms with E-state index in [4.69, 9.17) is 10.8 Å². The highest BCUT2D eigenvalue weighted by Gasteiger charge is 2.17. The molecule has 3 nitrogen and oxygen atoms in total. The Morgan fingerprint density at radius 2 is 2.00 bits per heavy atom. The molecule has 0 fully saturated rings. The average Bonchev–Trinajstić information content (AvgIpc) is 3.12. The molecular weight excluding hydrogens is 298 g/mol. The van der Waals surface area contributed by atoms with Crippen LogP contribution in [-0.4, -0.2) is 16.3 Å². The number of benzene rings is 1. The minimum absolute atomic E-state index is 0.638. The van der Waals surface area contributed by atoms with E-state index >= 15 is 0 Å². The zero-order valence-corrected chi connectivity index (χ0v) is 13.5. The average molecular weight is 315 g/mol. The summed E-state index contributed by atoms with van der Waals surface area (Å²) in [6.07, 6.45) is 0.854. The highest BCUT2D eigenvalue weighted by molar-refractivity contribution is 8.01. The van der Waals surface area contributed by atoms with Crippen molar-refractivity contribution < 1.29 is 0 Å². The fraction of sp³-hybridized carbons (Fsp3) is 0.188. The molecule has 0 radical (unpaired) electrons. The predicted molar refractivity (Wildman–Crippen MR) is 89.5 cm³/mol. The van der Waals surface area contributed by atoms with Gasteiger partial charge in [-0.3, -0.25) is 0 Å². The molecule has 0 unspecified atom stereocenters. The lowest BCUT2D eigenvalue weighted by atomic mass is 10.2. The van der Waals surface area contributed by atoms with E-state index in [9.17, 15) is 0 Å². The van der Waals surface area contributed by atoms with E-state index in [-0.39, 0.29) is 0 Å². The summed E-state index contributed by atoms with van der Waals surface area (Å²) in [6.45, 7) is 2.70. The second kappa shape index (κ2) is 6.47. The van der Waals surface area contributed by atoms with E-state index in [0.29, 0.717) is 6.54 Å². The van der Waals surface area contributed by atoms with Gasteiger partial charge in [0.05, 0.1) is 15.6 Å². The van der Waals surface area contributed by atoms with E-state index in [2.05, 4.69) is 36.6 Å².